The summed E-state index contributed by atoms with van der Waals surface area (Å²) in [6, 6.07) is 0. The Balaban J connectivity index is 2.32. The third-order valence-electron chi connectivity index (χ3n) is 5.49. The molecule has 1 aromatic carbocycles. The fourth-order valence-electron chi connectivity index (χ4n) is 3.61. The molecule has 2 aliphatic rings. The summed E-state index contributed by atoms with van der Waals surface area (Å²) in [6.45, 7) is 8.23. The molecule has 0 saturated carbocycles. The van der Waals surface area contributed by atoms with Crippen molar-refractivity contribution in [3.63, 3.8) is 0 Å². The average Bonchev–Trinajstić information content (AvgIpc) is 2.52. The predicted octanol–water partition coefficient (Wildman–Crippen LogP) is 1.35. The van der Waals surface area contributed by atoms with E-state index in [1.165, 1.54) is 22.3 Å². The van der Waals surface area contributed by atoms with Gasteiger partial charge in [-0.05, 0) is 67.9 Å². The van der Waals surface area contributed by atoms with Crippen molar-refractivity contribution in [2.45, 2.75) is 34.1 Å². The zero-order valence-electron chi connectivity index (χ0n) is 13.7. The molecule has 2 aliphatic carbocycles. The maximum absolute atomic E-state index is 6.32. The van der Waals surface area contributed by atoms with Gasteiger partial charge in [0, 0.05) is 0 Å². The molecule has 1 unspecified atom stereocenters. The summed E-state index contributed by atoms with van der Waals surface area (Å²) >= 11 is 0. The number of hydrogen-bond acceptors (Lipinski definition) is 0. The van der Waals surface area contributed by atoms with Crippen LogP contribution in [-0.2, 0) is 6.42 Å². The lowest BCUT2D eigenvalue weighted by Crippen LogP contribution is -2.35. The van der Waals surface area contributed by atoms with Gasteiger partial charge < -0.3 is 0 Å². The summed E-state index contributed by atoms with van der Waals surface area (Å²) in [5.74, 6) is 0.136. The SMILES string of the molecule is [B]C1=C([B])C2Cc3c(C)c(C)c([B])c([B])c3C=C2C(C)=C1C. The first-order chi connectivity index (χ1) is 10.3. The van der Waals surface area contributed by atoms with Gasteiger partial charge in [0.05, 0.1) is 0 Å². The standard InChI is InChI=1S/C18H16B4/c1-7-9(3)15(19)17(21)13-6-12-8(2)10(4)16(20)18(22)14(12)5-11(7)13/h5,13H,6H2,1-4H3. The molecule has 0 aliphatic heterocycles. The van der Waals surface area contributed by atoms with Gasteiger partial charge in [-0.15, -0.1) is 10.9 Å². The van der Waals surface area contributed by atoms with Crippen LogP contribution in [0, 0.1) is 19.8 Å². The van der Waals surface area contributed by atoms with E-state index in [9.17, 15) is 0 Å². The Hall–Kier alpha value is -1.30. The summed E-state index contributed by atoms with van der Waals surface area (Å²) in [6.07, 6.45) is 2.98. The third-order valence-corrected chi connectivity index (χ3v) is 5.49. The van der Waals surface area contributed by atoms with Crippen molar-refractivity contribution in [3.8, 4) is 0 Å². The molecule has 0 N–H and O–H groups in total. The highest BCUT2D eigenvalue weighted by Crippen LogP contribution is 2.42. The quantitative estimate of drug-likeness (QED) is 0.627. The minimum Gasteiger partial charge on any atom is -0.117 e. The van der Waals surface area contributed by atoms with E-state index in [0.717, 1.165) is 34.1 Å². The van der Waals surface area contributed by atoms with Gasteiger partial charge in [0.25, 0.3) is 0 Å². The maximum atomic E-state index is 6.32. The van der Waals surface area contributed by atoms with Gasteiger partial charge >= 0.3 is 0 Å². The Kier molecular flexibility index (Phi) is 3.62. The van der Waals surface area contributed by atoms with Crippen LogP contribution < -0.4 is 10.9 Å². The predicted molar refractivity (Wildman–Crippen MR) is 98.8 cm³/mol. The molecule has 1 aromatic rings. The van der Waals surface area contributed by atoms with E-state index >= 15 is 0 Å². The monoisotopic (exact) mass is 276 g/mol. The van der Waals surface area contributed by atoms with E-state index in [0.29, 0.717) is 10.9 Å². The van der Waals surface area contributed by atoms with Crippen molar-refractivity contribution in [3.05, 3.63) is 49.9 Å². The van der Waals surface area contributed by atoms with Crippen LogP contribution in [0.5, 0.6) is 0 Å². The molecule has 8 radical (unpaired) electrons. The first kappa shape index (κ1) is 15.6. The van der Waals surface area contributed by atoms with Crippen LogP contribution in [0.2, 0.25) is 0 Å². The Morgan fingerprint density at radius 1 is 0.864 bits per heavy atom. The van der Waals surface area contributed by atoms with Gasteiger partial charge in [0.15, 0.2) is 0 Å². The topological polar surface area (TPSA) is 0 Å². The molecule has 3 rings (SSSR count). The van der Waals surface area contributed by atoms with Crippen molar-refractivity contribution in [2.75, 3.05) is 0 Å². The van der Waals surface area contributed by atoms with Crippen molar-refractivity contribution >= 4 is 48.4 Å². The number of hydrogen-bond donors (Lipinski definition) is 0. The molecule has 100 valence electrons. The molecule has 1 atom stereocenters. The zero-order chi connectivity index (χ0) is 16.3. The van der Waals surface area contributed by atoms with Crippen LogP contribution in [0.3, 0.4) is 0 Å². The largest absolute Gasteiger partial charge is 0.117 e. The Morgan fingerprint density at radius 2 is 1.50 bits per heavy atom. The number of benzene rings is 1. The van der Waals surface area contributed by atoms with Crippen LogP contribution in [0.15, 0.2) is 27.7 Å². The number of rotatable bonds is 0. The first-order valence-corrected chi connectivity index (χ1v) is 7.57. The minimum absolute atomic E-state index is 0.136. The maximum Gasteiger partial charge on any atom is 0.113 e. The second-order valence-electron chi connectivity index (χ2n) is 6.44. The van der Waals surface area contributed by atoms with E-state index in [2.05, 4.69) is 19.9 Å². The molecule has 0 amide bonds. The van der Waals surface area contributed by atoms with Gasteiger partial charge in [0.1, 0.15) is 31.4 Å². The van der Waals surface area contributed by atoms with Crippen LogP contribution in [-0.4, -0.2) is 31.4 Å². The van der Waals surface area contributed by atoms with E-state index in [1.807, 2.05) is 13.8 Å². The molecule has 0 bridgehead atoms. The molecule has 0 aromatic heterocycles. The van der Waals surface area contributed by atoms with Crippen LogP contribution >= 0.6 is 0 Å². The van der Waals surface area contributed by atoms with Gasteiger partial charge in [-0.25, -0.2) is 0 Å². The van der Waals surface area contributed by atoms with Crippen LogP contribution in [0.25, 0.3) is 6.08 Å². The molecule has 4 heteroatoms. The Bertz CT molecular complexity index is 794. The third kappa shape index (κ3) is 1.96. The molecule has 22 heavy (non-hydrogen) atoms. The zero-order valence-corrected chi connectivity index (χ0v) is 13.7. The summed E-state index contributed by atoms with van der Waals surface area (Å²) in [5.41, 5.74) is 10.9. The molecular weight excluding hydrogens is 259 g/mol. The van der Waals surface area contributed by atoms with Crippen LogP contribution in [0.4, 0.5) is 0 Å². The fourth-order valence-corrected chi connectivity index (χ4v) is 3.61. The second-order valence-corrected chi connectivity index (χ2v) is 6.44. The highest BCUT2D eigenvalue weighted by Gasteiger charge is 2.30. The molecule has 0 heterocycles. The van der Waals surface area contributed by atoms with E-state index in [1.54, 1.807) is 0 Å². The molecule has 0 fully saturated rings. The summed E-state index contributed by atoms with van der Waals surface area (Å²) in [7, 11) is 25.0. The van der Waals surface area contributed by atoms with Crippen LogP contribution in [0.1, 0.15) is 36.1 Å². The lowest BCUT2D eigenvalue weighted by atomic mass is 9.59. The number of allylic oxidation sites excluding steroid dienone is 5. The van der Waals surface area contributed by atoms with Crippen molar-refractivity contribution < 1.29 is 0 Å². The highest BCUT2D eigenvalue weighted by molar-refractivity contribution is 6.50. The second kappa shape index (κ2) is 5.11. The van der Waals surface area contributed by atoms with E-state index in [4.69, 9.17) is 31.4 Å². The Morgan fingerprint density at radius 3 is 2.14 bits per heavy atom. The summed E-state index contributed by atoms with van der Waals surface area (Å²) in [5, 5.41) is 0. The molecular formula is C18H16B4. The molecule has 0 nitrogen and oxygen atoms in total. The van der Waals surface area contributed by atoms with Gasteiger partial charge in [-0.2, -0.15) is 0 Å². The minimum atomic E-state index is 0.136. The van der Waals surface area contributed by atoms with E-state index < -0.39 is 0 Å². The summed E-state index contributed by atoms with van der Waals surface area (Å²) in [4.78, 5) is 0. The number of fused-ring (bicyclic) bond motifs is 2. The van der Waals surface area contributed by atoms with Gasteiger partial charge in [-0.3, -0.25) is 0 Å². The normalized spacial score (nSPS) is 20.7. The molecule has 0 saturated heterocycles. The molecule has 0 spiro atoms. The average molecular weight is 276 g/mol. The Labute approximate surface area is 138 Å². The lowest BCUT2D eigenvalue weighted by Gasteiger charge is -2.36. The first-order valence-electron chi connectivity index (χ1n) is 7.57. The van der Waals surface area contributed by atoms with Crippen molar-refractivity contribution in [1.29, 1.82) is 0 Å². The van der Waals surface area contributed by atoms with Gasteiger partial charge in [0.2, 0.25) is 0 Å². The summed E-state index contributed by atoms with van der Waals surface area (Å²) < 4.78 is 0. The smallest absolute Gasteiger partial charge is 0.113 e. The highest BCUT2D eigenvalue weighted by atomic mass is 14.3. The van der Waals surface area contributed by atoms with E-state index in [-0.39, 0.29) is 5.92 Å². The van der Waals surface area contributed by atoms with Crippen molar-refractivity contribution in [1.82, 2.24) is 0 Å². The fraction of sp³-hybridized carbons (Fsp3) is 0.333. The van der Waals surface area contributed by atoms with Gasteiger partial charge in [-0.1, -0.05) is 28.1 Å². The van der Waals surface area contributed by atoms with Crippen molar-refractivity contribution in [2.24, 2.45) is 5.92 Å². The lowest BCUT2D eigenvalue weighted by molar-refractivity contribution is 0.722.